The third kappa shape index (κ3) is 7.43. The fourth-order valence-electron chi connectivity index (χ4n) is 5.13. The van der Waals surface area contributed by atoms with Crippen molar-refractivity contribution in [3.8, 4) is 11.5 Å². The third-order valence-corrected chi connectivity index (χ3v) is 13.2. The molecule has 5 heteroatoms. The maximum Gasteiger partial charge on any atom is 0.343 e. The lowest BCUT2D eigenvalue weighted by molar-refractivity contribution is 0.0734. The Bertz CT molecular complexity index is 1210. The van der Waals surface area contributed by atoms with Gasteiger partial charge in [0.15, 0.2) is 0 Å². The van der Waals surface area contributed by atoms with Gasteiger partial charge in [-0.25, -0.2) is 24.9 Å². The van der Waals surface area contributed by atoms with Crippen LogP contribution in [0.5, 0.6) is 11.5 Å². The molecular formula is C34H46O3S2. The molecule has 2 aromatic carbocycles. The molecule has 4 rings (SSSR count). The summed E-state index contributed by atoms with van der Waals surface area (Å²) < 4.78 is 11.5. The van der Waals surface area contributed by atoms with E-state index in [4.69, 9.17) is 9.47 Å². The van der Waals surface area contributed by atoms with Crippen molar-refractivity contribution in [1.29, 1.82) is 0 Å². The van der Waals surface area contributed by atoms with Crippen LogP contribution >= 0.6 is 20.1 Å². The van der Waals surface area contributed by atoms with Crippen molar-refractivity contribution in [1.82, 2.24) is 0 Å². The molecule has 1 fully saturated rings. The molecule has 0 spiro atoms. The average Bonchev–Trinajstić information content (AvgIpc) is 3.68. The molecular weight excluding hydrogens is 521 g/mol. The van der Waals surface area contributed by atoms with E-state index in [1.54, 1.807) is 12.1 Å². The minimum Gasteiger partial charge on any atom is -0.494 e. The van der Waals surface area contributed by atoms with E-state index in [0.29, 0.717) is 23.8 Å². The predicted molar refractivity (Wildman–Crippen MR) is 173 cm³/mol. The Balaban J connectivity index is 1.20. The molecule has 2 aromatic rings. The second-order valence-corrected chi connectivity index (χ2v) is 20.0. The summed E-state index contributed by atoms with van der Waals surface area (Å²) in [6, 6.07) is 15.3. The summed E-state index contributed by atoms with van der Waals surface area (Å²) >= 11 is 0. The van der Waals surface area contributed by atoms with Gasteiger partial charge in [0.25, 0.3) is 0 Å². The minimum absolute atomic E-state index is 0.120. The number of carbonyl (C=O) groups excluding carboxylic acids is 1. The lowest BCUT2D eigenvalue weighted by atomic mass is 9.90. The zero-order valence-electron chi connectivity index (χ0n) is 24.4. The van der Waals surface area contributed by atoms with Crippen LogP contribution in [0.25, 0.3) is 0 Å². The maximum absolute atomic E-state index is 12.7. The van der Waals surface area contributed by atoms with Crippen molar-refractivity contribution in [2.75, 3.05) is 43.1 Å². The molecule has 2 aliphatic carbocycles. The fourth-order valence-corrected chi connectivity index (χ4v) is 7.74. The number of ether oxygens (including phenoxy) is 2. The second-order valence-electron chi connectivity index (χ2n) is 11.8. The van der Waals surface area contributed by atoms with Gasteiger partial charge in [0, 0.05) is 5.41 Å². The topological polar surface area (TPSA) is 35.5 Å². The van der Waals surface area contributed by atoms with Crippen molar-refractivity contribution >= 4 is 26.0 Å². The number of benzene rings is 2. The highest BCUT2D eigenvalue weighted by molar-refractivity contribution is 8.35. The molecule has 0 saturated heterocycles. The number of fused-ring (bicyclic) bond motifs is 1. The van der Waals surface area contributed by atoms with Gasteiger partial charge in [0.05, 0.1) is 12.2 Å². The molecule has 3 nitrogen and oxygen atoms in total. The van der Waals surface area contributed by atoms with Gasteiger partial charge < -0.3 is 9.47 Å². The van der Waals surface area contributed by atoms with Crippen LogP contribution in [0.1, 0.15) is 54.9 Å². The normalized spacial score (nSPS) is 22.6. The van der Waals surface area contributed by atoms with E-state index in [0.717, 1.165) is 18.6 Å². The second kappa shape index (κ2) is 12.4. The number of hydrogen-bond acceptors (Lipinski definition) is 3. The molecule has 2 aliphatic rings. The van der Waals surface area contributed by atoms with Crippen LogP contribution in [0.15, 0.2) is 83.7 Å². The highest BCUT2D eigenvalue weighted by Gasteiger charge is 2.53. The Morgan fingerprint density at radius 3 is 2.26 bits per heavy atom. The molecule has 0 aliphatic heterocycles. The number of hydrogen-bond donors (Lipinski definition) is 0. The summed E-state index contributed by atoms with van der Waals surface area (Å²) in [7, 11) is -1.30. The zero-order chi connectivity index (χ0) is 28.1. The van der Waals surface area contributed by atoms with Crippen LogP contribution < -0.4 is 9.47 Å². The first-order chi connectivity index (χ1) is 18.6. The highest BCUT2D eigenvalue weighted by Crippen LogP contribution is 2.62. The summed E-state index contributed by atoms with van der Waals surface area (Å²) in [5.41, 5.74) is 1.94. The van der Waals surface area contributed by atoms with E-state index in [1.165, 1.54) is 41.2 Å². The molecule has 0 bridgehead atoms. The molecule has 3 atom stereocenters. The summed E-state index contributed by atoms with van der Waals surface area (Å²) in [4.78, 5) is 14.2. The Labute approximate surface area is 239 Å². The van der Waals surface area contributed by atoms with E-state index in [-0.39, 0.29) is 11.4 Å². The standard InChI is InChI=1S/C34H46O3S2/c1-7-39(6,8-2)24-12-10-9-11-23-36-30-17-13-27(14-18-30)33(35)37-31-19-15-28(16-20-31)34-22-21-32(38(3,4)5)25-29(34)26-34/h7,13-22,25,29H,1,8-12,23-24,26H2,2-6H3. The molecule has 0 amide bonds. The van der Waals surface area contributed by atoms with Gasteiger partial charge in [0.2, 0.25) is 0 Å². The summed E-state index contributed by atoms with van der Waals surface area (Å²) in [5.74, 6) is 4.10. The Kier molecular flexibility index (Phi) is 9.44. The van der Waals surface area contributed by atoms with Crippen LogP contribution in [0.3, 0.4) is 0 Å². The first-order valence-electron chi connectivity index (χ1n) is 14.1. The molecule has 0 aromatic heterocycles. The zero-order valence-corrected chi connectivity index (χ0v) is 26.0. The van der Waals surface area contributed by atoms with Gasteiger partial charge in [-0.05, 0) is 109 Å². The number of allylic oxidation sites excluding steroid dienone is 3. The van der Waals surface area contributed by atoms with Crippen LogP contribution in [0.4, 0.5) is 0 Å². The SMILES string of the molecule is C=CS(C)(CC)CCCCCCOc1ccc(C(=O)Oc2ccc(C34C=CC(S(C)(C)C)=CC3C4)cc2)cc1. The van der Waals surface area contributed by atoms with E-state index in [2.05, 4.69) is 74.3 Å². The molecule has 0 N–H and O–H groups in total. The molecule has 39 heavy (non-hydrogen) atoms. The summed E-state index contributed by atoms with van der Waals surface area (Å²) in [6.07, 6.45) is 22.5. The molecule has 0 heterocycles. The molecule has 0 radical (unpaired) electrons. The quantitative estimate of drug-likeness (QED) is 0.130. The van der Waals surface area contributed by atoms with Gasteiger partial charge in [-0.2, -0.15) is 0 Å². The summed E-state index contributed by atoms with van der Waals surface area (Å²) in [6.45, 7) is 6.98. The Morgan fingerprint density at radius 1 is 0.974 bits per heavy atom. The van der Waals surface area contributed by atoms with Crippen LogP contribution in [-0.4, -0.2) is 49.1 Å². The van der Waals surface area contributed by atoms with Crippen LogP contribution in [0.2, 0.25) is 0 Å². The van der Waals surface area contributed by atoms with E-state index in [1.807, 2.05) is 24.3 Å². The van der Waals surface area contributed by atoms with Gasteiger partial charge in [0.1, 0.15) is 11.5 Å². The van der Waals surface area contributed by atoms with Gasteiger partial charge >= 0.3 is 5.97 Å². The highest BCUT2D eigenvalue weighted by atomic mass is 32.3. The fraction of sp³-hybridized carbons (Fsp3) is 0.441. The average molecular weight is 567 g/mol. The van der Waals surface area contributed by atoms with E-state index >= 15 is 0 Å². The van der Waals surface area contributed by atoms with Crippen molar-refractivity contribution in [3.63, 3.8) is 0 Å². The Morgan fingerprint density at radius 2 is 1.64 bits per heavy atom. The molecule has 3 unspecified atom stereocenters. The third-order valence-electron chi connectivity index (χ3n) is 8.20. The predicted octanol–water partition coefficient (Wildman–Crippen LogP) is 8.85. The largest absolute Gasteiger partial charge is 0.494 e. The Hall–Kier alpha value is -2.37. The number of rotatable bonds is 14. The van der Waals surface area contributed by atoms with Crippen LogP contribution in [-0.2, 0) is 5.41 Å². The van der Waals surface area contributed by atoms with E-state index < -0.39 is 20.1 Å². The monoisotopic (exact) mass is 566 g/mol. The molecule has 212 valence electrons. The number of esters is 1. The maximum atomic E-state index is 12.7. The summed E-state index contributed by atoms with van der Waals surface area (Å²) in [5, 5.41) is 2.18. The van der Waals surface area contributed by atoms with Crippen LogP contribution in [0, 0.1) is 5.92 Å². The number of unbranched alkanes of at least 4 members (excludes halogenated alkanes) is 3. The van der Waals surface area contributed by atoms with Crippen molar-refractivity contribution in [2.24, 2.45) is 5.92 Å². The smallest absolute Gasteiger partial charge is 0.343 e. The lowest BCUT2D eigenvalue weighted by Crippen LogP contribution is -2.11. The lowest BCUT2D eigenvalue weighted by Gasteiger charge is -2.30. The first-order valence-corrected chi connectivity index (χ1v) is 19.4. The molecule has 1 saturated carbocycles. The van der Waals surface area contributed by atoms with Gasteiger partial charge in [-0.15, -0.1) is 0 Å². The van der Waals surface area contributed by atoms with Crippen molar-refractivity contribution in [2.45, 2.75) is 44.4 Å². The van der Waals surface area contributed by atoms with E-state index in [9.17, 15) is 4.79 Å². The first kappa shape index (κ1) is 29.6. The van der Waals surface area contributed by atoms with Crippen molar-refractivity contribution < 1.29 is 14.3 Å². The number of carbonyl (C=O) groups is 1. The van der Waals surface area contributed by atoms with Gasteiger partial charge in [-0.1, -0.05) is 62.1 Å². The van der Waals surface area contributed by atoms with Gasteiger partial charge in [-0.3, -0.25) is 0 Å². The van der Waals surface area contributed by atoms with Crippen molar-refractivity contribution in [3.05, 3.63) is 94.8 Å². The minimum atomic E-state index is -0.699.